The topological polar surface area (TPSA) is 139 Å². The molecule has 0 fully saturated rings. The van der Waals surface area contributed by atoms with Crippen LogP contribution in [0.25, 0.3) is 0 Å². The van der Waals surface area contributed by atoms with Gasteiger partial charge in [0.25, 0.3) is 5.69 Å². The van der Waals surface area contributed by atoms with E-state index < -0.39 is 28.7 Å². The number of nitro groups is 1. The number of carbonyl (C=O) groups excluding carboxylic acids is 2. The number of amides is 2. The highest BCUT2D eigenvalue weighted by Gasteiger charge is 2.21. The second-order valence-electron chi connectivity index (χ2n) is 6.29. The Kier molecular flexibility index (Phi) is 8.20. The smallest absolute Gasteiger partial charge is 0.326 e. The normalized spacial score (nSPS) is 11.7. The average Bonchev–Trinajstić information content (AvgIpc) is 2.57. The molecular weight excluding hydrogens is 342 g/mol. The zero-order valence-corrected chi connectivity index (χ0v) is 14.7. The molecule has 0 heterocycles. The fourth-order valence-corrected chi connectivity index (χ4v) is 2.29. The number of carboxylic acids is 1. The fraction of sp³-hybridized carbons (Fsp3) is 0.471. The van der Waals surface area contributed by atoms with Crippen LogP contribution in [-0.2, 0) is 20.8 Å². The van der Waals surface area contributed by atoms with Crippen LogP contribution in [-0.4, -0.2) is 40.4 Å². The van der Waals surface area contributed by atoms with Gasteiger partial charge in [-0.2, -0.15) is 0 Å². The Morgan fingerprint density at radius 1 is 1.23 bits per heavy atom. The molecule has 1 atom stereocenters. The molecule has 0 aromatic heterocycles. The number of carbonyl (C=O) groups is 3. The zero-order chi connectivity index (χ0) is 19.7. The van der Waals surface area contributed by atoms with Crippen molar-refractivity contribution in [1.82, 2.24) is 10.6 Å². The number of aryl methyl sites for hydroxylation is 1. The first-order valence-corrected chi connectivity index (χ1v) is 8.21. The van der Waals surface area contributed by atoms with Crippen molar-refractivity contribution in [2.75, 3.05) is 6.54 Å². The van der Waals surface area contributed by atoms with Gasteiger partial charge in [-0.25, -0.2) is 4.79 Å². The van der Waals surface area contributed by atoms with Crippen LogP contribution in [0, 0.1) is 16.0 Å². The van der Waals surface area contributed by atoms with E-state index in [1.807, 2.05) is 13.8 Å². The molecule has 1 aromatic carbocycles. The van der Waals surface area contributed by atoms with E-state index in [0.717, 1.165) is 0 Å². The Hall–Kier alpha value is -2.97. The summed E-state index contributed by atoms with van der Waals surface area (Å²) in [5.74, 6) is -2.01. The van der Waals surface area contributed by atoms with Gasteiger partial charge in [-0.3, -0.25) is 19.7 Å². The van der Waals surface area contributed by atoms with Crippen LogP contribution in [0.2, 0.25) is 0 Å². The quantitative estimate of drug-likeness (QED) is 0.421. The molecular formula is C17H23N3O6. The molecule has 142 valence electrons. The van der Waals surface area contributed by atoms with Gasteiger partial charge in [0.1, 0.15) is 6.04 Å². The third-order valence-corrected chi connectivity index (χ3v) is 3.55. The van der Waals surface area contributed by atoms with Crippen molar-refractivity contribution in [3.63, 3.8) is 0 Å². The lowest BCUT2D eigenvalue weighted by molar-refractivity contribution is -0.384. The van der Waals surface area contributed by atoms with Crippen molar-refractivity contribution in [1.29, 1.82) is 0 Å². The molecule has 0 aliphatic carbocycles. The molecule has 3 N–H and O–H groups in total. The van der Waals surface area contributed by atoms with Gasteiger partial charge in [0.15, 0.2) is 0 Å². The number of nitrogens with zero attached hydrogens (tertiary/aromatic N) is 1. The maximum absolute atomic E-state index is 11.8. The molecule has 9 heteroatoms. The van der Waals surface area contributed by atoms with Gasteiger partial charge in [-0.05, 0) is 24.3 Å². The Morgan fingerprint density at radius 3 is 2.50 bits per heavy atom. The number of aliphatic carboxylic acids is 1. The number of carboxylic acid groups (broad SMARTS) is 1. The first-order valence-electron chi connectivity index (χ1n) is 8.21. The lowest BCUT2D eigenvalue weighted by Gasteiger charge is -2.16. The monoisotopic (exact) mass is 365 g/mol. The molecule has 9 nitrogen and oxygen atoms in total. The molecule has 0 radical (unpaired) electrons. The van der Waals surface area contributed by atoms with Gasteiger partial charge in [-0.1, -0.05) is 26.0 Å². The van der Waals surface area contributed by atoms with Crippen LogP contribution in [0.4, 0.5) is 5.69 Å². The number of non-ortho nitro benzene ring substituents is 1. The summed E-state index contributed by atoms with van der Waals surface area (Å²) in [5, 5.41) is 24.6. The zero-order valence-electron chi connectivity index (χ0n) is 14.7. The summed E-state index contributed by atoms with van der Waals surface area (Å²) in [7, 11) is 0. The van der Waals surface area contributed by atoms with Crippen molar-refractivity contribution in [2.24, 2.45) is 5.92 Å². The van der Waals surface area contributed by atoms with E-state index in [9.17, 15) is 24.5 Å². The van der Waals surface area contributed by atoms with E-state index in [-0.39, 0.29) is 24.6 Å². The van der Waals surface area contributed by atoms with E-state index in [4.69, 9.17) is 5.11 Å². The predicted octanol–water partition coefficient (Wildman–Crippen LogP) is 1.26. The Bertz CT molecular complexity index is 674. The summed E-state index contributed by atoms with van der Waals surface area (Å²) in [6.07, 6.45) is 0.644. The number of benzene rings is 1. The van der Waals surface area contributed by atoms with Gasteiger partial charge >= 0.3 is 5.97 Å². The maximum Gasteiger partial charge on any atom is 0.326 e. The van der Waals surface area contributed by atoms with Crippen LogP contribution >= 0.6 is 0 Å². The van der Waals surface area contributed by atoms with Crippen LogP contribution in [0.3, 0.4) is 0 Å². The van der Waals surface area contributed by atoms with Gasteiger partial charge in [0, 0.05) is 18.6 Å². The Labute approximate surface area is 150 Å². The Balaban J connectivity index is 2.41. The minimum Gasteiger partial charge on any atom is -0.480 e. The molecule has 0 bridgehead atoms. The third kappa shape index (κ3) is 7.73. The second kappa shape index (κ2) is 10.1. The highest BCUT2D eigenvalue weighted by atomic mass is 16.6. The van der Waals surface area contributed by atoms with Gasteiger partial charge in [0.05, 0.1) is 11.5 Å². The summed E-state index contributed by atoms with van der Waals surface area (Å²) in [6.45, 7) is 3.37. The highest BCUT2D eigenvalue weighted by Crippen LogP contribution is 2.14. The number of nitrogens with one attached hydrogen (secondary N) is 2. The predicted molar refractivity (Wildman–Crippen MR) is 93.4 cm³/mol. The van der Waals surface area contributed by atoms with Crippen molar-refractivity contribution in [3.8, 4) is 0 Å². The molecule has 0 saturated carbocycles. The summed E-state index contributed by atoms with van der Waals surface area (Å²) in [5.41, 5.74) is 0.592. The molecule has 0 unspecified atom stereocenters. The Morgan fingerprint density at radius 2 is 1.92 bits per heavy atom. The van der Waals surface area contributed by atoms with E-state index in [1.54, 1.807) is 12.1 Å². The van der Waals surface area contributed by atoms with E-state index >= 15 is 0 Å². The lowest BCUT2D eigenvalue weighted by atomic mass is 10.0. The van der Waals surface area contributed by atoms with Crippen molar-refractivity contribution >= 4 is 23.5 Å². The number of hydrogen-bond donors (Lipinski definition) is 3. The fourth-order valence-electron chi connectivity index (χ4n) is 2.29. The van der Waals surface area contributed by atoms with Gasteiger partial charge < -0.3 is 15.7 Å². The van der Waals surface area contributed by atoms with Crippen LogP contribution in [0.1, 0.15) is 32.3 Å². The summed E-state index contributed by atoms with van der Waals surface area (Å²) >= 11 is 0. The number of hydrogen-bond acceptors (Lipinski definition) is 5. The van der Waals surface area contributed by atoms with E-state index in [0.29, 0.717) is 18.4 Å². The van der Waals surface area contributed by atoms with Crippen LogP contribution < -0.4 is 10.6 Å². The minimum atomic E-state index is -1.12. The van der Waals surface area contributed by atoms with Gasteiger partial charge in [-0.15, -0.1) is 0 Å². The summed E-state index contributed by atoms with van der Waals surface area (Å²) < 4.78 is 0. The molecule has 26 heavy (non-hydrogen) atoms. The molecule has 1 aromatic rings. The standard InChI is InChI=1S/C17H23N3O6/c1-11(2)8-14(17(23)24)19-16(22)10-18-15(21)7-6-12-4-3-5-13(9-12)20(25)26/h3-5,9,11,14H,6-8,10H2,1-2H3,(H,18,21)(H,19,22)(H,23,24)/t14-/m0/s1. The van der Waals surface area contributed by atoms with Crippen molar-refractivity contribution in [3.05, 3.63) is 39.9 Å². The summed E-state index contributed by atoms with van der Waals surface area (Å²) in [4.78, 5) is 44.9. The SMILES string of the molecule is CC(C)C[C@H](NC(=O)CNC(=O)CCc1cccc([N+](=O)[O-])c1)C(=O)O. The van der Waals surface area contributed by atoms with E-state index in [1.165, 1.54) is 12.1 Å². The minimum absolute atomic E-state index is 0.0489. The van der Waals surface area contributed by atoms with Crippen molar-refractivity contribution in [2.45, 2.75) is 39.2 Å². The van der Waals surface area contributed by atoms with Crippen LogP contribution in [0.5, 0.6) is 0 Å². The first kappa shape index (κ1) is 21.1. The second-order valence-corrected chi connectivity index (χ2v) is 6.29. The first-order chi connectivity index (χ1) is 12.2. The molecule has 0 spiro atoms. The molecule has 0 aliphatic rings. The lowest BCUT2D eigenvalue weighted by Crippen LogP contribution is -2.46. The molecule has 1 rings (SSSR count). The molecule has 0 saturated heterocycles. The average molecular weight is 365 g/mol. The number of nitro benzene ring substituents is 1. The molecule has 2 amide bonds. The number of rotatable bonds is 10. The maximum atomic E-state index is 11.8. The van der Waals surface area contributed by atoms with Crippen molar-refractivity contribution < 1.29 is 24.4 Å². The summed E-state index contributed by atoms with van der Waals surface area (Å²) in [6, 6.07) is 4.98. The van der Waals surface area contributed by atoms with Gasteiger partial charge in [0.2, 0.25) is 11.8 Å². The highest BCUT2D eigenvalue weighted by molar-refractivity contribution is 5.87. The largest absolute Gasteiger partial charge is 0.480 e. The van der Waals surface area contributed by atoms with Crippen LogP contribution in [0.15, 0.2) is 24.3 Å². The van der Waals surface area contributed by atoms with E-state index in [2.05, 4.69) is 10.6 Å². The third-order valence-electron chi connectivity index (χ3n) is 3.55. The molecule has 0 aliphatic heterocycles.